The van der Waals surface area contributed by atoms with E-state index in [1.807, 2.05) is 17.8 Å². The van der Waals surface area contributed by atoms with E-state index in [2.05, 4.69) is 25.5 Å². The number of nitrogens with zero attached hydrogens (tertiary/aromatic N) is 3. The van der Waals surface area contributed by atoms with Crippen LogP contribution in [0.5, 0.6) is 0 Å². The summed E-state index contributed by atoms with van der Waals surface area (Å²) < 4.78 is 0. The Morgan fingerprint density at radius 3 is 3.00 bits per heavy atom. The van der Waals surface area contributed by atoms with E-state index in [9.17, 15) is 4.79 Å². The predicted molar refractivity (Wildman–Crippen MR) is 85.8 cm³/mol. The third-order valence-electron chi connectivity index (χ3n) is 3.85. The van der Waals surface area contributed by atoms with Gasteiger partial charge in [0.25, 0.3) is 0 Å². The Morgan fingerprint density at radius 2 is 2.14 bits per heavy atom. The molecule has 1 amide bonds. The van der Waals surface area contributed by atoms with Crippen LogP contribution in [-0.2, 0) is 4.79 Å². The van der Waals surface area contributed by atoms with Crippen LogP contribution in [0.25, 0.3) is 0 Å². The van der Waals surface area contributed by atoms with Crippen molar-refractivity contribution < 1.29 is 4.79 Å². The molecule has 0 radical (unpaired) electrons. The number of thioether (sulfide) groups is 1. The molecule has 7 heteroatoms. The maximum absolute atomic E-state index is 12.0. The van der Waals surface area contributed by atoms with Crippen LogP contribution in [0.3, 0.4) is 0 Å². The number of rotatable bonds is 3. The van der Waals surface area contributed by atoms with E-state index < -0.39 is 0 Å². The lowest BCUT2D eigenvalue weighted by Crippen LogP contribution is -2.38. The van der Waals surface area contributed by atoms with Gasteiger partial charge in [0.2, 0.25) is 5.91 Å². The lowest BCUT2D eigenvalue weighted by molar-refractivity contribution is -0.121. The standard InChI is InChI=1S/C14H21N5OS/c20-14-11(3-1-2-4-15-14)18-12-9-13(17-10-16-12)19-5-7-21-8-6-19/h9-11H,1-8H2,(H,15,20)(H,16,17,18). The predicted octanol–water partition coefficient (Wildman–Crippen LogP) is 1.11. The van der Waals surface area contributed by atoms with Crippen LogP contribution in [0.1, 0.15) is 19.3 Å². The number of carbonyl (C=O) groups is 1. The van der Waals surface area contributed by atoms with E-state index >= 15 is 0 Å². The minimum Gasteiger partial charge on any atom is -0.358 e. The normalized spacial score (nSPS) is 23.3. The van der Waals surface area contributed by atoms with Gasteiger partial charge in [-0.3, -0.25) is 4.79 Å². The van der Waals surface area contributed by atoms with Crippen LogP contribution in [0.4, 0.5) is 11.6 Å². The SMILES string of the molecule is O=C1NCCCCC1Nc1cc(N2CCSCC2)ncn1. The van der Waals surface area contributed by atoms with Crippen LogP contribution in [0.15, 0.2) is 12.4 Å². The Bertz CT molecular complexity index is 492. The highest BCUT2D eigenvalue weighted by molar-refractivity contribution is 7.99. The van der Waals surface area contributed by atoms with E-state index in [0.29, 0.717) is 0 Å². The van der Waals surface area contributed by atoms with E-state index in [1.54, 1.807) is 6.33 Å². The molecule has 2 aliphatic rings. The molecule has 1 atom stereocenters. The maximum atomic E-state index is 12.0. The molecule has 6 nitrogen and oxygen atoms in total. The molecule has 0 aliphatic carbocycles. The number of hydrogen-bond donors (Lipinski definition) is 2. The minimum absolute atomic E-state index is 0.0713. The van der Waals surface area contributed by atoms with Crippen molar-refractivity contribution in [1.29, 1.82) is 0 Å². The molecule has 0 aromatic carbocycles. The van der Waals surface area contributed by atoms with Crippen molar-refractivity contribution >= 4 is 29.3 Å². The maximum Gasteiger partial charge on any atom is 0.242 e. The van der Waals surface area contributed by atoms with Crippen LogP contribution in [0, 0.1) is 0 Å². The molecule has 3 heterocycles. The van der Waals surface area contributed by atoms with Crippen LogP contribution < -0.4 is 15.5 Å². The summed E-state index contributed by atoms with van der Waals surface area (Å²) in [6.07, 6.45) is 4.53. The fourth-order valence-corrected chi connectivity index (χ4v) is 3.55. The second kappa shape index (κ2) is 6.98. The lowest BCUT2D eigenvalue weighted by Gasteiger charge is -2.27. The molecule has 21 heavy (non-hydrogen) atoms. The highest BCUT2D eigenvalue weighted by Gasteiger charge is 2.21. The number of aromatic nitrogens is 2. The largest absolute Gasteiger partial charge is 0.358 e. The zero-order valence-corrected chi connectivity index (χ0v) is 12.9. The Morgan fingerprint density at radius 1 is 1.29 bits per heavy atom. The summed E-state index contributed by atoms with van der Waals surface area (Å²) in [4.78, 5) is 22.9. The number of amides is 1. The average Bonchev–Trinajstić information content (AvgIpc) is 2.74. The van der Waals surface area contributed by atoms with Crippen molar-refractivity contribution in [1.82, 2.24) is 15.3 Å². The molecular formula is C14H21N5OS. The first-order valence-electron chi connectivity index (χ1n) is 7.52. The molecule has 114 valence electrons. The van der Waals surface area contributed by atoms with Gasteiger partial charge in [0.05, 0.1) is 0 Å². The molecule has 3 rings (SSSR count). The summed E-state index contributed by atoms with van der Waals surface area (Å²) in [7, 11) is 0. The highest BCUT2D eigenvalue weighted by Crippen LogP contribution is 2.20. The first-order valence-corrected chi connectivity index (χ1v) is 8.67. The quantitative estimate of drug-likeness (QED) is 0.872. The number of nitrogens with one attached hydrogen (secondary N) is 2. The van der Waals surface area contributed by atoms with E-state index in [1.165, 1.54) is 0 Å². The molecule has 0 bridgehead atoms. The zero-order valence-electron chi connectivity index (χ0n) is 12.0. The first kappa shape index (κ1) is 14.4. The van der Waals surface area contributed by atoms with Gasteiger partial charge in [-0.15, -0.1) is 0 Å². The van der Waals surface area contributed by atoms with Gasteiger partial charge in [-0.2, -0.15) is 11.8 Å². The van der Waals surface area contributed by atoms with Crippen LogP contribution >= 0.6 is 11.8 Å². The highest BCUT2D eigenvalue weighted by atomic mass is 32.2. The summed E-state index contributed by atoms with van der Waals surface area (Å²) in [6.45, 7) is 2.81. The fourth-order valence-electron chi connectivity index (χ4n) is 2.65. The lowest BCUT2D eigenvalue weighted by atomic mass is 10.1. The van der Waals surface area contributed by atoms with Crippen molar-refractivity contribution in [3.63, 3.8) is 0 Å². The molecule has 1 aromatic heterocycles. The molecule has 2 saturated heterocycles. The smallest absolute Gasteiger partial charge is 0.242 e. The monoisotopic (exact) mass is 307 g/mol. The fraction of sp³-hybridized carbons (Fsp3) is 0.643. The van der Waals surface area contributed by atoms with Gasteiger partial charge in [-0.1, -0.05) is 0 Å². The Kier molecular flexibility index (Phi) is 4.80. The number of anilines is 2. The van der Waals surface area contributed by atoms with Crippen molar-refractivity contribution in [2.45, 2.75) is 25.3 Å². The average molecular weight is 307 g/mol. The Balaban J connectivity index is 1.68. The second-order valence-electron chi connectivity index (χ2n) is 5.34. The van der Waals surface area contributed by atoms with Gasteiger partial charge < -0.3 is 15.5 Å². The topological polar surface area (TPSA) is 70.2 Å². The molecule has 2 aliphatic heterocycles. The zero-order chi connectivity index (χ0) is 14.5. The van der Waals surface area contributed by atoms with Crippen molar-refractivity contribution in [2.24, 2.45) is 0 Å². The van der Waals surface area contributed by atoms with Gasteiger partial charge in [0.15, 0.2) is 0 Å². The van der Waals surface area contributed by atoms with Crippen molar-refractivity contribution in [2.75, 3.05) is 41.4 Å². The van der Waals surface area contributed by atoms with Gasteiger partial charge in [0.1, 0.15) is 24.0 Å². The molecule has 2 fully saturated rings. The summed E-state index contributed by atoms with van der Waals surface area (Å²) in [5.74, 6) is 4.03. The van der Waals surface area contributed by atoms with E-state index in [0.717, 1.165) is 62.0 Å². The van der Waals surface area contributed by atoms with Crippen molar-refractivity contribution in [3.05, 3.63) is 12.4 Å². The first-order chi connectivity index (χ1) is 10.3. The van der Waals surface area contributed by atoms with Gasteiger partial charge >= 0.3 is 0 Å². The van der Waals surface area contributed by atoms with Crippen molar-refractivity contribution in [3.8, 4) is 0 Å². The molecule has 0 spiro atoms. The van der Waals surface area contributed by atoms with Gasteiger partial charge in [-0.05, 0) is 19.3 Å². The molecule has 1 aromatic rings. The van der Waals surface area contributed by atoms with Gasteiger partial charge in [-0.25, -0.2) is 9.97 Å². The summed E-state index contributed by atoms with van der Waals surface area (Å²) >= 11 is 1.97. The Labute approximate surface area is 129 Å². The second-order valence-corrected chi connectivity index (χ2v) is 6.57. The van der Waals surface area contributed by atoms with Crippen LogP contribution in [-0.4, -0.2) is 53.1 Å². The Hall–Kier alpha value is -1.50. The molecule has 1 unspecified atom stereocenters. The van der Waals surface area contributed by atoms with Crippen LogP contribution in [0.2, 0.25) is 0 Å². The number of hydrogen-bond acceptors (Lipinski definition) is 6. The third-order valence-corrected chi connectivity index (χ3v) is 4.79. The number of carbonyl (C=O) groups excluding carboxylic acids is 1. The molecular weight excluding hydrogens is 286 g/mol. The summed E-state index contributed by atoms with van der Waals surface area (Å²) in [5.41, 5.74) is 0. The molecule has 0 saturated carbocycles. The van der Waals surface area contributed by atoms with E-state index in [4.69, 9.17) is 0 Å². The summed E-state index contributed by atoms with van der Waals surface area (Å²) in [6, 6.07) is 1.76. The summed E-state index contributed by atoms with van der Waals surface area (Å²) in [5, 5.41) is 6.19. The molecule has 2 N–H and O–H groups in total. The van der Waals surface area contributed by atoms with Gasteiger partial charge in [0, 0.05) is 37.2 Å². The van der Waals surface area contributed by atoms with E-state index in [-0.39, 0.29) is 11.9 Å². The third kappa shape index (κ3) is 3.78. The minimum atomic E-state index is -0.188.